The molecule has 3 heterocycles. The molecule has 0 spiro atoms. The van der Waals surface area contributed by atoms with E-state index < -0.39 is 0 Å². The summed E-state index contributed by atoms with van der Waals surface area (Å²) in [6.07, 6.45) is 6.67. The van der Waals surface area contributed by atoms with Crippen LogP contribution >= 0.6 is 0 Å². The van der Waals surface area contributed by atoms with Crippen molar-refractivity contribution in [2.75, 3.05) is 19.6 Å². The predicted octanol–water partition coefficient (Wildman–Crippen LogP) is 3.04. The number of aromatic nitrogens is 2. The molecule has 1 N–H and O–H groups in total. The molecule has 2 aromatic carbocycles. The van der Waals surface area contributed by atoms with Crippen LogP contribution in [-0.2, 0) is 40.9 Å². The van der Waals surface area contributed by atoms with E-state index in [0.29, 0.717) is 51.7 Å². The second kappa shape index (κ2) is 11.2. The topological polar surface area (TPSA) is 88.9 Å². The van der Waals surface area contributed by atoms with E-state index in [4.69, 9.17) is 9.47 Å². The number of nitrogens with one attached hydrogen (secondary N) is 1. The van der Waals surface area contributed by atoms with Gasteiger partial charge in [-0.15, -0.1) is 0 Å². The van der Waals surface area contributed by atoms with Gasteiger partial charge in [0.25, 0.3) is 0 Å². The second-order valence-corrected chi connectivity index (χ2v) is 10.9. The summed E-state index contributed by atoms with van der Waals surface area (Å²) in [4.78, 5) is 30.5. The average Bonchev–Trinajstić information content (AvgIpc) is 3.57. The second-order valence-electron chi connectivity index (χ2n) is 10.9. The van der Waals surface area contributed by atoms with Gasteiger partial charge >= 0.3 is 0 Å². The Balaban J connectivity index is 1.20. The first-order valence-corrected chi connectivity index (χ1v) is 13.7. The third kappa shape index (κ3) is 6.49. The monoisotopic (exact) mass is 529 g/mol. The molecule has 3 aliphatic rings. The molecule has 1 saturated carbocycles. The van der Waals surface area contributed by atoms with Crippen LogP contribution in [0, 0.1) is 0 Å². The first kappa shape index (κ1) is 25.6. The highest BCUT2D eigenvalue weighted by Gasteiger charge is 2.38. The van der Waals surface area contributed by atoms with E-state index in [2.05, 4.69) is 21.4 Å². The number of rotatable bonds is 4. The van der Waals surface area contributed by atoms with Crippen molar-refractivity contribution in [2.45, 2.75) is 57.0 Å². The number of hydrogen-bond acceptors (Lipinski definition) is 6. The number of benzene rings is 2. The lowest BCUT2D eigenvalue weighted by molar-refractivity contribution is -0.131. The van der Waals surface area contributed by atoms with Gasteiger partial charge < -0.3 is 19.7 Å². The molecule has 0 unspecified atom stereocenters. The molecule has 204 valence electrons. The fraction of sp³-hybridized carbons (Fsp3) is 0.433. The van der Waals surface area contributed by atoms with E-state index in [9.17, 15) is 9.59 Å². The van der Waals surface area contributed by atoms with Gasteiger partial charge in [0.1, 0.15) is 11.5 Å². The fourth-order valence-electron chi connectivity index (χ4n) is 5.47. The summed E-state index contributed by atoms with van der Waals surface area (Å²) in [5.41, 5.74) is 3.12. The number of ether oxygens (including phenoxy) is 2. The van der Waals surface area contributed by atoms with Gasteiger partial charge in [-0.25, -0.2) is 0 Å². The van der Waals surface area contributed by atoms with Crippen molar-refractivity contribution in [3.05, 3.63) is 77.6 Å². The molecule has 2 aliphatic heterocycles. The Bertz CT molecular complexity index is 1340. The van der Waals surface area contributed by atoms with E-state index in [0.717, 1.165) is 41.0 Å². The highest BCUT2D eigenvalue weighted by molar-refractivity contribution is 5.80. The molecule has 39 heavy (non-hydrogen) atoms. The Morgan fingerprint density at radius 1 is 1.05 bits per heavy atom. The summed E-state index contributed by atoms with van der Waals surface area (Å²) < 4.78 is 14.3. The van der Waals surface area contributed by atoms with Crippen LogP contribution in [0.5, 0.6) is 11.5 Å². The minimum atomic E-state index is -0.295. The maximum Gasteiger partial charge on any atom is 0.234 e. The van der Waals surface area contributed by atoms with E-state index in [1.54, 1.807) is 10.9 Å². The van der Waals surface area contributed by atoms with Crippen LogP contribution in [0.25, 0.3) is 0 Å². The standard InChI is InChI=1S/C30H35N5O4/c1-33-15-23(14-31-33)8-11-30(37)35-17-27-28(18-35)38-20-22-5-3-7-26(13-22)39-25-6-2-4-21(12-25)16-34(24-9-10-24)19-29(36)32-27/h2-7,12-15,24,27-28H,8-11,16-20H2,1H3,(H,32,36)/t27-,28-/m0/s1. The lowest BCUT2D eigenvalue weighted by Gasteiger charge is -2.25. The number of hydrogen-bond donors (Lipinski definition) is 1. The van der Waals surface area contributed by atoms with Crippen molar-refractivity contribution in [1.29, 1.82) is 0 Å². The van der Waals surface area contributed by atoms with Gasteiger partial charge in [-0.3, -0.25) is 19.2 Å². The Morgan fingerprint density at radius 2 is 1.82 bits per heavy atom. The van der Waals surface area contributed by atoms with Gasteiger partial charge in [0, 0.05) is 45.3 Å². The van der Waals surface area contributed by atoms with Gasteiger partial charge in [0.05, 0.1) is 31.5 Å². The van der Waals surface area contributed by atoms with Crippen LogP contribution < -0.4 is 10.1 Å². The molecule has 6 rings (SSSR count). The van der Waals surface area contributed by atoms with Crippen molar-refractivity contribution in [1.82, 2.24) is 24.9 Å². The highest BCUT2D eigenvalue weighted by Crippen LogP contribution is 2.30. The maximum atomic E-state index is 13.3. The first-order chi connectivity index (χ1) is 19.0. The van der Waals surface area contributed by atoms with Crippen molar-refractivity contribution >= 4 is 11.8 Å². The number of carbonyl (C=O) groups is 2. The Labute approximate surface area is 228 Å². The molecule has 3 aromatic rings. The number of fused-ring (bicyclic) bond motifs is 5. The smallest absolute Gasteiger partial charge is 0.234 e. The SMILES string of the molecule is Cn1cc(CCC(=O)N2C[C@@H]3NC(=O)CN(C4CC4)Cc4cccc(c4)Oc4cccc(c4)CO[C@H]3C2)cn1. The van der Waals surface area contributed by atoms with Crippen LogP contribution in [0.4, 0.5) is 0 Å². The van der Waals surface area contributed by atoms with Gasteiger partial charge in [-0.2, -0.15) is 5.10 Å². The van der Waals surface area contributed by atoms with Gasteiger partial charge in [0.15, 0.2) is 0 Å². The zero-order valence-electron chi connectivity index (χ0n) is 22.3. The molecular weight excluding hydrogens is 494 g/mol. The third-order valence-corrected chi connectivity index (χ3v) is 7.64. The largest absolute Gasteiger partial charge is 0.457 e. The van der Waals surface area contributed by atoms with Crippen LogP contribution in [-0.4, -0.2) is 69.2 Å². The lowest BCUT2D eigenvalue weighted by Crippen LogP contribution is -2.48. The number of carbonyl (C=O) groups excluding carboxylic acids is 2. The molecule has 2 atom stereocenters. The number of amides is 2. The zero-order chi connectivity index (χ0) is 26.8. The molecule has 4 bridgehead atoms. The number of aryl methyl sites for hydroxylation is 2. The summed E-state index contributed by atoms with van der Waals surface area (Å²) >= 11 is 0. The van der Waals surface area contributed by atoms with Crippen LogP contribution in [0.1, 0.15) is 36.0 Å². The van der Waals surface area contributed by atoms with E-state index in [1.165, 1.54) is 0 Å². The summed E-state index contributed by atoms with van der Waals surface area (Å²) in [5.74, 6) is 1.55. The molecule has 1 saturated heterocycles. The molecule has 0 radical (unpaired) electrons. The van der Waals surface area contributed by atoms with E-state index in [1.807, 2.05) is 60.6 Å². The third-order valence-electron chi connectivity index (χ3n) is 7.64. The van der Waals surface area contributed by atoms with Gasteiger partial charge in [0.2, 0.25) is 11.8 Å². The normalized spacial score (nSPS) is 22.2. The summed E-state index contributed by atoms with van der Waals surface area (Å²) in [6, 6.07) is 16.1. The van der Waals surface area contributed by atoms with Crippen molar-refractivity contribution < 1.29 is 19.1 Å². The van der Waals surface area contributed by atoms with Crippen LogP contribution in [0.2, 0.25) is 0 Å². The van der Waals surface area contributed by atoms with Crippen molar-refractivity contribution in [2.24, 2.45) is 7.05 Å². The Hall–Kier alpha value is -3.69. The quantitative estimate of drug-likeness (QED) is 0.559. The maximum absolute atomic E-state index is 13.3. The minimum Gasteiger partial charge on any atom is -0.457 e. The predicted molar refractivity (Wildman–Crippen MR) is 145 cm³/mol. The van der Waals surface area contributed by atoms with Gasteiger partial charge in [-0.1, -0.05) is 24.3 Å². The molecule has 1 aliphatic carbocycles. The highest BCUT2D eigenvalue weighted by atomic mass is 16.5. The number of nitrogens with zero attached hydrogens (tertiary/aromatic N) is 4. The first-order valence-electron chi connectivity index (χ1n) is 13.7. The molecule has 9 nitrogen and oxygen atoms in total. The Morgan fingerprint density at radius 3 is 2.56 bits per heavy atom. The van der Waals surface area contributed by atoms with E-state index in [-0.39, 0.29) is 24.0 Å². The molecule has 1 aromatic heterocycles. The Kier molecular flexibility index (Phi) is 7.34. The molecule has 2 amide bonds. The molecule has 9 heteroatoms. The summed E-state index contributed by atoms with van der Waals surface area (Å²) in [5, 5.41) is 7.40. The molecular formula is C30H35N5O4. The fourth-order valence-corrected chi connectivity index (χ4v) is 5.47. The average molecular weight is 530 g/mol. The minimum absolute atomic E-state index is 0.0355. The van der Waals surface area contributed by atoms with E-state index >= 15 is 0 Å². The van der Waals surface area contributed by atoms with Gasteiger partial charge in [-0.05, 0) is 60.2 Å². The van der Waals surface area contributed by atoms with Crippen molar-refractivity contribution in [3.63, 3.8) is 0 Å². The van der Waals surface area contributed by atoms with Crippen LogP contribution in [0.3, 0.4) is 0 Å². The van der Waals surface area contributed by atoms with Crippen LogP contribution in [0.15, 0.2) is 60.9 Å². The van der Waals surface area contributed by atoms with Crippen molar-refractivity contribution in [3.8, 4) is 11.5 Å². The molecule has 2 fully saturated rings. The summed E-state index contributed by atoms with van der Waals surface area (Å²) in [6.45, 7) is 2.24. The summed E-state index contributed by atoms with van der Waals surface area (Å²) in [7, 11) is 1.87. The number of likely N-dealkylation sites (tertiary alicyclic amines) is 1. The lowest BCUT2D eigenvalue weighted by atomic mass is 10.1. The zero-order valence-corrected chi connectivity index (χ0v) is 22.3.